The van der Waals surface area contributed by atoms with Crippen LogP contribution in [0.15, 0.2) is 48.5 Å². The van der Waals surface area contributed by atoms with Crippen LogP contribution >= 0.6 is 12.2 Å². The van der Waals surface area contributed by atoms with Crippen LogP contribution in [0.25, 0.3) is 0 Å². The Bertz CT molecular complexity index is 839. The fourth-order valence-electron chi connectivity index (χ4n) is 2.50. The van der Waals surface area contributed by atoms with Gasteiger partial charge in [0, 0.05) is 12.1 Å². The molecule has 2 aromatic rings. The molecule has 0 aliphatic rings. The van der Waals surface area contributed by atoms with Crippen molar-refractivity contribution in [1.29, 1.82) is 0 Å². The lowest BCUT2D eigenvalue weighted by Crippen LogP contribution is -2.35. The van der Waals surface area contributed by atoms with Crippen LogP contribution < -0.4 is 16.0 Å². The first-order valence-corrected chi connectivity index (χ1v) is 9.23. The molecule has 0 unspecified atom stereocenters. The molecule has 142 valence electrons. The summed E-state index contributed by atoms with van der Waals surface area (Å²) in [6, 6.07) is 14.4. The van der Waals surface area contributed by atoms with Gasteiger partial charge >= 0.3 is 0 Å². The first kappa shape index (κ1) is 20.6. The first-order valence-electron chi connectivity index (χ1n) is 8.82. The normalized spacial score (nSPS) is 10.8. The summed E-state index contributed by atoms with van der Waals surface area (Å²) in [5.41, 5.74) is 2.69. The summed E-state index contributed by atoms with van der Waals surface area (Å²) in [6.45, 7) is 8.73. The van der Waals surface area contributed by atoms with Gasteiger partial charge in [-0.25, -0.2) is 0 Å². The van der Waals surface area contributed by atoms with E-state index in [0.29, 0.717) is 23.4 Å². The quantitative estimate of drug-likeness (QED) is 0.701. The number of anilines is 1. The van der Waals surface area contributed by atoms with E-state index < -0.39 is 0 Å². The molecule has 0 radical (unpaired) electrons. The van der Waals surface area contributed by atoms with E-state index in [1.165, 1.54) is 0 Å². The lowest BCUT2D eigenvalue weighted by atomic mass is 9.87. The Balaban J connectivity index is 2.06. The second-order valence-corrected chi connectivity index (χ2v) is 7.55. The molecule has 2 rings (SSSR count). The molecule has 2 aromatic carbocycles. The Morgan fingerprint density at radius 3 is 2.19 bits per heavy atom. The molecular formula is C21H25N3O2S. The van der Waals surface area contributed by atoms with Crippen molar-refractivity contribution >= 4 is 34.8 Å². The highest BCUT2D eigenvalue weighted by Gasteiger charge is 2.15. The molecule has 6 heteroatoms. The van der Waals surface area contributed by atoms with Gasteiger partial charge in [0.15, 0.2) is 5.11 Å². The standard InChI is InChI=1S/C21H25N3O2S/c1-5-22-19(26)16-8-6-7-9-17(16)23-20(27)24-18(25)14-10-12-15(13-11-14)21(2,3)4/h6-13H,5H2,1-4H3,(H,22,26)(H2,23,24,25,27). The van der Waals surface area contributed by atoms with Gasteiger partial charge in [-0.2, -0.15) is 0 Å². The van der Waals surface area contributed by atoms with Crippen LogP contribution in [0.1, 0.15) is 54.0 Å². The first-order chi connectivity index (χ1) is 12.7. The topological polar surface area (TPSA) is 70.2 Å². The third-order valence-corrected chi connectivity index (χ3v) is 4.20. The number of para-hydroxylation sites is 1. The monoisotopic (exact) mass is 383 g/mol. The zero-order valence-corrected chi connectivity index (χ0v) is 16.9. The highest BCUT2D eigenvalue weighted by atomic mass is 32.1. The van der Waals surface area contributed by atoms with Crippen molar-refractivity contribution in [1.82, 2.24) is 10.6 Å². The van der Waals surface area contributed by atoms with Crippen LogP contribution in [0.3, 0.4) is 0 Å². The molecule has 0 atom stereocenters. The van der Waals surface area contributed by atoms with Crippen molar-refractivity contribution in [2.75, 3.05) is 11.9 Å². The number of rotatable bonds is 4. The van der Waals surface area contributed by atoms with Crippen molar-refractivity contribution in [2.45, 2.75) is 33.1 Å². The lowest BCUT2D eigenvalue weighted by Gasteiger charge is -2.19. The van der Waals surface area contributed by atoms with E-state index in [1.807, 2.05) is 19.1 Å². The van der Waals surface area contributed by atoms with E-state index in [1.54, 1.807) is 36.4 Å². The van der Waals surface area contributed by atoms with Crippen molar-refractivity contribution in [3.05, 3.63) is 65.2 Å². The third-order valence-electron chi connectivity index (χ3n) is 4.00. The van der Waals surface area contributed by atoms with Gasteiger partial charge in [-0.15, -0.1) is 0 Å². The maximum atomic E-state index is 12.4. The van der Waals surface area contributed by atoms with E-state index in [0.717, 1.165) is 5.56 Å². The van der Waals surface area contributed by atoms with Crippen molar-refractivity contribution in [2.24, 2.45) is 0 Å². The zero-order chi connectivity index (χ0) is 20.0. The third kappa shape index (κ3) is 5.62. The Morgan fingerprint density at radius 1 is 0.963 bits per heavy atom. The number of carbonyl (C=O) groups excluding carboxylic acids is 2. The molecule has 27 heavy (non-hydrogen) atoms. The summed E-state index contributed by atoms with van der Waals surface area (Å²) in [5, 5.41) is 8.46. The van der Waals surface area contributed by atoms with Crippen LogP contribution in [-0.4, -0.2) is 23.5 Å². The van der Waals surface area contributed by atoms with E-state index in [2.05, 4.69) is 36.7 Å². The van der Waals surface area contributed by atoms with E-state index in [4.69, 9.17) is 12.2 Å². The van der Waals surface area contributed by atoms with Gasteiger partial charge in [-0.05, 0) is 54.4 Å². The summed E-state index contributed by atoms with van der Waals surface area (Å²) in [7, 11) is 0. The fraction of sp³-hybridized carbons (Fsp3) is 0.286. The molecule has 0 heterocycles. The molecule has 0 fully saturated rings. The van der Waals surface area contributed by atoms with Gasteiger partial charge in [-0.3, -0.25) is 14.9 Å². The number of carbonyl (C=O) groups is 2. The Morgan fingerprint density at radius 2 is 1.59 bits per heavy atom. The molecule has 0 saturated carbocycles. The molecule has 0 saturated heterocycles. The minimum atomic E-state index is -0.302. The molecule has 0 aliphatic heterocycles. The summed E-state index contributed by atoms with van der Waals surface area (Å²) >= 11 is 5.23. The van der Waals surface area contributed by atoms with Gasteiger partial charge in [0.1, 0.15) is 0 Å². The average Bonchev–Trinajstić information content (AvgIpc) is 2.61. The molecule has 5 nitrogen and oxygen atoms in total. The van der Waals surface area contributed by atoms with Crippen LogP contribution in [0.2, 0.25) is 0 Å². The number of hydrogen-bond acceptors (Lipinski definition) is 3. The minimum absolute atomic E-state index is 0.0225. The van der Waals surface area contributed by atoms with Gasteiger partial charge in [0.2, 0.25) is 0 Å². The van der Waals surface area contributed by atoms with E-state index in [-0.39, 0.29) is 22.3 Å². The zero-order valence-electron chi connectivity index (χ0n) is 16.1. The Kier molecular flexibility index (Phi) is 6.69. The molecule has 2 amide bonds. The molecule has 0 spiro atoms. The van der Waals surface area contributed by atoms with Crippen molar-refractivity contribution < 1.29 is 9.59 Å². The van der Waals surface area contributed by atoms with E-state index >= 15 is 0 Å². The van der Waals surface area contributed by atoms with Crippen molar-refractivity contribution in [3.63, 3.8) is 0 Å². The predicted octanol–water partition coefficient (Wildman–Crippen LogP) is 3.86. The highest BCUT2D eigenvalue weighted by molar-refractivity contribution is 7.80. The van der Waals surface area contributed by atoms with Crippen LogP contribution in [-0.2, 0) is 5.41 Å². The van der Waals surface area contributed by atoms with Crippen LogP contribution in [0.5, 0.6) is 0 Å². The Labute approximate surface area is 165 Å². The summed E-state index contributed by atoms with van der Waals surface area (Å²) in [6.07, 6.45) is 0. The molecule has 0 aliphatic carbocycles. The minimum Gasteiger partial charge on any atom is -0.352 e. The van der Waals surface area contributed by atoms with E-state index in [9.17, 15) is 9.59 Å². The summed E-state index contributed by atoms with van der Waals surface area (Å²) in [5.74, 6) is -0.504. The number of benzene rings is 2. The van der Waals surface area contributed by atoms with Gasteiger partial charge in [-0.1, -0.05) is 45.0 Å². The summed E-state index contributed by atoms with van der Waals surface area (Å²) < 4.78 is 0. The lowest BCUT2D eigenvalue weighted by molar-refractivity contribution is 0.0954. The maximum Gasteiger partial charge on any atom is 0.257 e. The number of hydrogen-bond donors (Lipinski definition) is 3. The molecule has 0 aromatic heterocycles. The van der Waals surface area contributed by atoms with Gasteiger partial charge in [0.25, 0.3) is 11.8 Å². The number of nitrogens with one attached hydrogen (secondary N) is 3. The summed E-state index contributed by atoms with van der Waals surface area (Å²) in [4.78, 5) is 24.5. The SMILES string of the molecule is CCNC(=O)c1ccccc1NC(=S)NC(=O)c1ccc(C(C)(C)C)cc1. The second kappa shape index (κ2) is 8.77. The fourth-order valence-corrected chi connectivity index (χ4v) is 2.70. The van der Waals surface area contributed by atoms with Crippen LogP contribution in [0.4, 0.5) is 5.69 Å². The van der Waals surface area contributed by atoms with Crippen LogP contribution in [0, 0.1) is 0 Å². The number of thiocarbonyl (C=S) groups is 1. The Hall–Kier alpha value is -2.73. The predicted molar refractivity (Wildman–Crippen MR) is 113 cm³/mol. The highest BCUT2D eigenvalue weighted by Crippen LogP contribution is 2.22. The number of amides is 2. The smallest absolute Gasteiger partial charge is 0.257 e. The molecular weight excluding hydrogens is 358 g/mol. The molecule has 3 N–H and O–H groups in total. The average molecular weight is 384 g/mol. The largest absolute Gasteiger partial charge is 0.352 e. The van der Waals surface area contributed by atoms with Crippen molar-refractivity contribution in [3.8, 4) is 0 Å². The second-order valence-electron chi connectivity index (χ2n) is 7.14. The van der Waals surface area contributed by atoms with Gasteiger partial charge < -0.3 is 10.6 Å². The molecule has 0 bridgehead atoms. The van der Waals surface area contributed by atoms with Gasteiger partial charge in [0.05, 0.1) is 11.3 Å². The maximum absolute atomic E-state index is 12.4.